The van der Waals surface area contributed by atoms with E-state index in [-0.39, 0.29) is 0 Å². The Balaban J connectivity index is 2.23. The molecule has 0 aromatic carbocycles. The van der Waals surface area contributed by atoms with Crippen LogP contribution in [0.4, 0.5) is 0 Å². The monoisotopic (exact) mass is 138 g/mol. The van der Waals surface area contributed by atoms with Crippen LogP contribution in [0.5, 0.6) is 0 Å². The molecule has 2 aliphatic rings. The van der Waals surface area contributed by atoms with Crippen LogP contribution in [-0.2, 0) is 0 Å². The maximum Gasteiger partial charge on any atom is 0.0440 e. The SMILES string of the molecule is C1=CC2SCC=C2CC1. The van der Waals surface area contributed by atoms with Crippen LogP contribution in [0.25, 0.3) is 0 Å². The first kappa shape index (κ1) is 5.60. The van der Waals surface area contributed by atoms with Crippen LogP contribution in [-0.4, -0.2) is 11.0 Å². The lowest BCUT2D eigenvalue weighted by Gasteiger charge is -2.12. The molecule has 0 nitrogen and oxygen atoms in total. The highest BCUT2D eigenvalue weighted by molar-refractivity contribution is 8.00. The van der Waals surface area contributed by atoms with Gasteiger partial charge in [-0.1, -0.05) is 23.8 Å². The van der Waals surface area contributed by atoms with E-state index in [9.17, 15) is 0 Å². The highest BCUT2D eigenvalue weighted by Crippen LogP contribution is 2.33. The molecule has 48 valence electrons. The molecule has 0 saturated carbocycles. The van der Waals surface area contributed by atoms with Gasteiger partial charge in [-0.15, -0.1) is 11.8 Å². The Morgan fingerprint density at radius 2 is 2.56 bits per heavy atom. The van der Waals surface area contributed by atoms with Crippen molar-refractivity contribution in [3.05, 3.63) is 23.8 Å². The molecule has 1 unspecified atom stereocenters. The average molecular weight is 138 g/mol. The fraction of sp³-hybridized carbons (Fsp3) is 0.500. The fourth-order valence-electron chi connectivity index (χ4n) is 1.38. The van der Waals surface area contributed by atoms with Crippen LogP contribution >= 0.6 is 11.8 Å². The van der Waals surface area contributed by atoms with Gasteiger partial charge in [-0.05, 0) is 12.8 Å². The van der Waals surface area contributed by atoms with Crippen LogP contribution in [0.2, 0.25) is 0 Å². The van der Waals surface area contributed by atoms with Crippen molar-refractivity contribution in [3.63, 3.8) is 0 Å². The second kappa shape index (κ2) is 2.22. The minimum atomic E-state index is 0.763. The number of hydrogen-bond donors (Lipinski definition) is 0. The zero-order valence-corrected chi connectivity index (χ0v) is 6.16. The lowest BCUT2D eigenvalue weighted by atomic mass is 10.0. The van der Waals surface area contributed by atoms with Gasteiger partial charge in [-0.3, -0.25) is 0 Å². The van der Waals surface area contributed by atoms with Gasteiger partial charge < -0.3 is 0 Å². The predicted octanol–water partition coefficient (Wildman–Crippen LogP) is 2.38. The van der Waals surface area contributed by atoms with Crippen molar-refractivity contribution in [3.8, 4) is 0 Å². The molecule has 0 spiro atoms. The molecule has 2 rings (SSSR count). The van der Waals surface area contributed by atoms with E-state index >= 15 is 0 Å². The summed E-state index contributed by atoms with van der Waals surface area (Å²) in [7, 11) is 0. The quantitative estimate of drug-likeness (QED) is 0.463. The Bertz CT molecular complexity index is 167. The van der Waals surface area contributed by atoms with Gasteiger partial charge in [0.2, 0.25) is 0 Å². The highest BCUT2D eigenvalue weighted by Gasteiger charge is 2.18. The number of allylic oxidation sites excluding steroid dienone is 1. The summed E-state index contributed by atoms with van der Waals surface area (Å²) in [4.78, 5) is 0. The summed E-state index contributed by atoms with van der Waals surface area (Å²) in [6.07, 6.45) is 9.61. The molecular weight excluding hydrogens is 128 g/mol. The predicted molar refractivity (Wildman–Crippen MR) is 42.7 cm³/mol. The fourth-order valence-corrected chi connectivity index (χ4v) is 2.54. The Kier molecular flexibility index (Phi) is 1.38. The molecule has 1 atom stereocenters. The molecule has 1 aliphatic heterocycles. The summed E-state index contributed by atoms with van der Waals surface area (Å²) >= 11 is 2.05. The summed E-state index contributed by atoms with van der Waals surface area (Å²) in [5, 5.41) is 0.763. The Labute approximate surface area is 60.0 Å². The molecule has 1 heteroatoms. The lowest BCUT2D eigenvalue weighted by molar-refractivity contribution is 0.914. The maximum absolute atomic E-state index is 2.39. The number of rotatable bonds is 0. The van der Waals surface area contributed by atoms with E-state index in [0.29, 0.717) is 0 Å². The van der Waals surface area contributed by atoms with Gasteiger partial charge >= 0.3 is 0 Å². The van der Waals surface area contributed by atoms with Crippen LogP contribution in [0.1, 0.15) is 12.8 Å². The highest BCUT2D eigenvalue weighted by atomic mass is 32.2. The van der Waals surface area contributed by atoms with Crippen LogP contribution in [0, 0.1) is 0 Å². The minimum absolute atomic E-state index is 0.763. The molecule has 1 heterocycles. The van der Waals surface area contributed by atoms with Gasteiger partial charge in [0, 0.05) is 11.0 Å². The van der Waals surface area contributed by atoms with Crippen molar-refractivity contribution in [2.75, 3.05) is 5.75 Å². The molecule has 9 heavy (non-hydrogen) atoms. The zero-order chi connectivity index (χ0) is 6.10. The van der Waals surface area contributed by atoms with Gasteiger partial charge in [-0.25, -0.2) is 0 Å². The first-order valence-corrected chi connectivity index (χ1v) is 4.49. The third kappa shape index (κ3) is 0.940. The van der Waals surface area contributed by atoms with E-state index in [1.54, 1.807) is 5.57 Å². The van der Waals surface area contributed by atoms with Crippen molar-refractivity contribution < 1.29 is 0 Å². The number of hydrogen-bond acceptors (Lipinski definition) is 1. The van der Waals surface area contributed by atoms with Gasteiger partial charge in [-0.2, -0.15) is 0 Å². The molecule has 0 radical (unpaired) electrons. The Morgan fingerprint density at radius 3 is 3.44 bits per heavy atom. The third-order valence-electron chi connectivity index (χ3n) is 1.90. The molecule has 0 aromatic rings. The summed E-state index contributed by atoms with van der Waals surface area (Å²) in [6, 6.07) is 0. The molecule has 0 fully saturated rings. The van der Waals surface area contributed by atoms with Gasteiger partial charge in [0.05, 0.1) is 0 Å². The second-order valence-electron chi connectivity index (χ2n) is 2.50. The zero-order valence-electron chi connectivity index (χ0n) is 5.34. The first-order valence-electron chi connectivity index (χ1n) is 3.44. The molecule has 0 amide bonds. The Hall–Kier alpha value is -0.170. The maximum atomic E-state index is 2.39. The first-order chi connectivity index (χ1) is 4.47. The molecule has 1 aliphatic carbocycles. The van der Waals surface area contributed by atoms with Crippen LogP contribution < -0.4 is 0 Å². The molecule has 0 bridgehead atoms. The van der Waals surface area contributed by atoms with E-state index in [0.717, 1.165) is 5.25 Å². The Morgan fingerprint density at radius 1 is 1.56 bits per heavy atom. The van der Waals surface area contributed by atoms with Gasteiger partial charge in [0.15, 0.2) is 0 Å². The van der Waals surface area contributed by atoms with E-state index in [4.69, 9.17) is 0 Å². The topological polar surface area (TPSA) is 0 Å². The van der Waals surface area contributed by atoms with Gasteiger partial charge in [0.25, 0.3) is 0 Å². The van der Waals surface area contributed by atoms with Crippen molar-refractivity contribution in [1.29, 1.82) is 0 Å². The summed E-state index contributed by atoms with van der Waals surface area (Å²) < 4.78 is 0. The largest absolute Gasteiger partial charge is 0.146 e. The van der Waals surface area contributed by atoms with E-state index in [1.807, 2.05) is 11.8 Å². The molecule has 0 saturated heterocycles. The van der Waals surface area contributed by atoms with E-state index in [1.165, 1.54) is 18.6 Å². The standard InChI is InChI=1S/C8H10S/c1-2-4-8-7(3-1)5-6-9-8/h2,4-5,8H,1,3,6H2. The van der Waals surface area contributed by atoms with Crippen LogP contribution in [0.3, 0.4) is 0 Å². The summed E-state index contributed by atoms with van der Waals surface area (Å²) in [6.45, 7) is 0. The third-order valence-corrected chi connectivity index (χ3v) is 3.08. The normalized spacial score (nSPS) is 32.0. The lowest BCUT2D eigenvalue weighted by Crippen LogP contribution is -2.01. The van der Waals surface area contributed by atoms with Crippen LogP contribution in [0.15, 0.2) is 23.8 Å². The van der Waals surface area contributed by atoms with Gasteiger partial charge in [0.1, 0.15) is 0 Å². The summed E-state index contributed by atoms with van der Waals surface area (Å²) in [5.74, 6) is 1.24. The molecule has 0 aromatic heterocycles. The minimum Gasteiger partial charge on any atom is -0.146 e. The summed E-state index contributed by atoms with van der Waals surface area (Å²) in [5.41, 5.74) is 1.67. The van der Waals surface area contributed by atoms with Crippen molar-refractivity contribution in [2.24, 2.45) is 0 Å². The van der Waals surface area contributed by atoms with Crippen molar-refractivity contribution in [1.82, 2.24) is 0 Å². The number of thioether (sulfide) groups is 1. The second-order valence-corrected chi connectivity index (χ2v) is 3.67. The van der Waals surface area contributed by atoms with E-state index in [2.05, 4.69) is 18.2 Å². The van der Waals surface area contributed by atoms with E-state index < -0.39 is 0 Å². The van der Waals surface area contributed by atoms with Crippen molar-refractivity contribution >= 4 is 11.8 Å². The average Bonchev–Trinajstić information content (AvgIpc) is 2.33. The number of fused-ring (bicyclic) bond motifs is 1. The molecular formula is C8H10S. The van der Waals surface area contributed by atoms with Crippen molar-refractivity contribution in [2.45, 2.75) is 18.1 Å². The smallest absolute Gasteiger partial charge is 0.0440 e. The molecule has 0 N–H and O–H groups in total.